The summed E-state index contributed by atoms with van der Waals surface area (Å²) in [5, 5.41) is 30.8. The number of benzene rings is 2. The lowest BCUT2D eigenvalue weighted by atomic mass is 9.92. The molecular formula is C32H44N12. The van der Waals surface area contributed by atoms with Crippen LogP contribution in [0.5, 0.6) is 0 Å². The maximum absolute atomic E-state index is 5.21. The van der Waals surface area contributed by atoms with Gasteiger partial charge in [-0.2, -0.15) is 0 Å². The molecule has 0 saturated heterocycles. The summed E-state index contributed by atoms with van der Waals surface area (Å²) >= 11 is 0. The fourth-order valence-electron chi connectivity index (χ4n) is 5.10. The minimum Gasteiger partial charge on any atom is -0.365 e. The van der Waals surface area contributed by atoms with Crippen molar-refractivity contribution in [3.63, 3.8) is 0 Å². The molecule has 0 aliphatic carbocycles. The molecule has 0 aliphatic heterocycles. The molecule has 3 heterocycles. The minimum atomic E-state index is 0.0418. The maximum Gasteiger partial charge on any atom is 0.180 e. The third-order valence-electron chi connectivity index (χ3n) is 7.27. The maximum atomic E-state index is 5.21. The van der Waals surface area contributed by atoms with E-state index in [2.05, 4.69) is 135 Å². The van der Waals surface area contributed by atoms with E-state index in [1.54, 1.807) is 0 Å². The van der Waals surface area contributed by atoms with Gasteiger partial charge >= 0.3 is 0 Å². The van der Waals surface area contributed by atoms with E-state index in [1.165, 1.54) is 5.56 Å². The van der Waals surface area contributed by atoms with Crippen molar-refractivity contribution in [3.8, 4) is 22.5 Å². The van der Waals surface area contributed by atoms with Gasteiger partial charge in [-0.3, -0.25) is 0 Å². The van der Waals surface area contributed by atoms with Crippen LogP contribution in [-0.2, 0) is 13.0 Å². The van der Waals surface area contributed by atoms with Crippen LogP contribution in [0, 0.1) is 5.41 Å². The third kappa shape index (κ3) is 7.56. The molecule has 0 unspecified atom stereocenters. The van der Waals surface area contributed by atoms with Crippen molar-refractivity contribution in [2.75, 3.05) is 65.0 Å². The second-order valence-electron chi connectivity index (χ2n) is 12.9. The average molecular weight is 597 g/mol. The fourth-order valence-corrected chi connectivity index (χ4v) is 5.10. The number of aromatic nitrogens is 8. The summed E-state index contributed by atoms with van der Waals surface area (Å²) in [4.78, 5) is 9.50. The van der Waals surface area contributed by atoms with Crippen molar-refractivity contribution in [3.05, 3.63) is 59.9 Å². The summed E-state index contributed by atoms with van der Waals surface area (Å²) in [6.45, 7) is 10.6. The third-order valence-corrected chi connectivity index (χ3v) is 7.27. The Labute approximate surface area is 259 Å². The number of tetrazole rings is 1. The number of nitrogens with one attached hydrogen (secondary N) is 3. The van der Waals surface area contributed by atoms with Gasteiger partial charge in [0.15, 0.2) is 17.5 Å². The molecule has 5 rings (SSSR count). The van der Waals surface area contributed by atoms with Gasteiger partial charge in [0.25, 0.3) is 0 Å². The first-order valence-corrected chi connectivity index (χ1v) is 15.0. The minimum absolute atomic E-state index is 0.0418. The molecule has 0 fully saturated rings. The largest absolute Gasteiger partial charge is 0.365 e. The highest BCUT2D eigenvalue weighted by Crippen LogP contribution is 2.33. The molecule has 0 bridgehead atoms. The summed E-state index contributed by atoms with van der Waals surface area (Å²) in [7, 11) is 8.26. The van der Waals surface area contributed by atoms with Crippen LogP contribution in [0.3, 0.4) is 0 Å². The van der Waals surface area contributed by atoms with Crippen molar-refractivity contribution < 1.29 is 0 Å². The van der Waals surface area contributed by atoms with Crippen LogP contribution in [0.15, 0.2) is 48.5 Å². The Bertz CT molecular complexity index is 1650. The Hall–Kier alpha value is -4.42. The Kier molecular flexibility index (Phi) is 9.50. The highest BCUT2D eigenvalue weighted by Gasteiger charge is 2.23. The summed E-state index contributed by atoms with van der Waals surface area (Å²) in [6, 6.07) is 16.8. The van der Waals surface area contributed by atoms with Gasteiger partial charge in [-0.1, -0.05) is 69.3 Å². The highest BCUT2D eigenvalue weighted by atomic mass is 15.5. The molecule has 12 heteroatoms. The van der Waals surface area contributed by atoms with Crippen LogP contribution in [0.25, 0.3) is 33.5 Å². The summed E-state index contributed by atoms with van der Waals surface area (Å²) in [5.74, 6) is 3.12. The second-order valence-corrected chi connectivity index (χ2v) is 12.9. The first-order chi connectivity index (χ1) is 21.1. The molecule has 0 aliphatic rings. The number of nitrogens with zero attached hydrogens (tertiary/aromatic N) is 9. The Morgan fingerprint density at radius 2 is 1.43 bits per heavy atom. The first-order valence-electron chi connectivity index (χ1n) is 15.0. The standard InChI is InChI=1S/C32H44N12/c1-32(2,3)20-26-35-27-28(31(34-17-19-43(6)7)37-36-30(27)33-16-18-42(4)5)44(26)21-22-12-14-23(15-13-22)24-10-8-9-11-25(24)29-38-40-41-39-29/h8-15H,16-21H2,1-7H3,(H,33,36)(H,34,37)(H,38,39,40,41). The molecule has 0 atom stereocenters. The smallest absolute Gasteiger partial charge is 0.180 e. The molecule has 232 valence electrons. The van der Waals surface area contributed by atoms with E-state index in [0.717, 1.165) is 72.0 Å². The molecule has 3 aromatic heterocycles. The zero-order valence-corrected chi connectivity index (χ0v) is 26.9. The van der Waals surface area contributed by atoms with Crippen LogP contribution >= 0.6 is 0 Å². The van der Waals surface area contributed by atoms with Crippen LogP contribution < -0.4 is 10.6 Å². The van der Waals surface area contributed by atoms with E-state index in [0.29, 0.717) is 18.2 Å². The van der Waals surface area contributed by atoms with Crippen LogP contribution in [0.2, 0.25) is 0 Å². The number of rotatable bonds is 13. The van der Waals surface area contributed by atoms with Gasteiger partial charge in [-0.05, 0) is 60.7 Å². The number of imidazole rings is 1. The van der Waals surface area contributed by atoms with Gasteiger partial charge in [0.1, 0.15) is 16.9 Å². The van der Waals surface area contributed by atoms with Gasteiger partial charge in [-0.15, -0.1) is 15.3 Å². The molecule has 12 nitrogen and oxygen atoms in total. The number of hydrogen-bond donors (Lipinski definition) is 3. The van der Waals surface area contributed by atoms with Crippen molar-refractivity contribution in [1.82, 2.24) is 50.2 Å². The zero-order valence-electron chi connectivity index (χ0n) is 26.9. The van der Waals surface area contributed by atoms with Crippen LogP contribution in [0.1, 0.15) is 32.2 Å². The molecule has 0 spiro atoms. The molecule has 3 N–H and O–H groups in total. The van der Waals surface area contributed by atoms with Gasteiger partial charge in [0.2, 0.25) is 0 Å². The lowest BCUT2D eigenvalue weighted by Crippen LogP contribution is -2.22. The zero-order chi connectivity index (χ0) is 31.3. The van der Waals surface area contributed by atoms with E-state index in [9.17, 15) is 0 Å². The van der Waals surface area contributed by atoms with Gasteiger partial charge in [-0.25, -0.2) is 10.1 Å². The summed E-state index contributed by atoms with van der Waals surface area (Å²) in [6.07, 6.45) is 0.812. The van der Waals surface area contributed by atoms with Crippen molar-refractivity contribution in [2.45, 2.75) is 33.7 Å². The lowest BCUT2D eigenvalue weighted by molar-refractivity contribution is 0.394. The number of anilines is 2. The predicted octanol–water partition coefficient (Wildman–Crippen LogP) is 4.26. The number of hydrogen-bond acceptors (Lipinski definition) is 10. The summed E-state index contributed by atoms with van der Waals surface area (Å²) in [5.41, 5.74) is 6.14. The molecule has 0 radical (unpaired) electrons. The quantitative estimate of drug-likeness (QED) is 0.181. The summed E-state index contributed by atoms with van der Waals surface area (Å²) < 4.78 is 2.31. The molecule has 0 saturated carbocycles. The Balaban J connectivity index is 1.54. The number of fused-ring (bicyclic) bond motifs is 1. The van der Waals surface area contributed by atoms with Gasteiger partial charge in [0, 0.05) is 44.7 Å². The van der Waals surface area contributed by atoms with E-state index in [-0.39, 0.29) is 5.41 Å². The SMILES string of the molecule is CN(C)CCNc1nnc(NCCN(C)C)c2c1nc(CC(C)(C)C)n2Cc1ccc(-c2ccccc2-c2nnn[nH]2)cc1. The fraction of sp³-hybridized carbons (Fsp3) is 0.438. The average Bonchev–Trinajstić information content (AvgIpc) is 3.62. The van der Waals surface area contributed by atoms with Gasteiger partial charge in [0.05, 0.1) is 0 Å². The van der Waals surface area contributed by atoms with Crippen molar-refractivity contribution >= 4 is 22.7 Å². The molecule has 44 heavy (non-hydrogen) atoms. The monoisotopic (exact) mass is 596 g/mol. The second kappa shape index (κ2) is 13.5. The van der Waals surface area contributed by atoms with Gasteiger partial charge < -0.3 is 25.0 Å². The normalized spacial score (nSPS) is 12.0. The predicted molar refractivity (Wildman–Crippen MR) is 177 cm³/mol. The molecular weight excluding hydrogens is 552 g/mol. The molecule has 5 aromatic rings. The van der Waals surface area contributed by atoms with Crippen LogP contribution in [0.4, 0.5) is 11.6 Å². The van der Waals surface area contributed by atoms with E-state index < -0.39 is 0 Å². The van der Waals surface area contributed by atoms with Crippen LogP contribution in [-0.4, -0.2) is 105 Å². The van der Waals surface area contributed by atoms with E-state index in [4.69, 9.17) is 4.98 Å². The van der Waals surface area contributed by atoms with Crippen molar-refractivity contribution in [2.24, 2.45) is 5.41 Å². The molecule has 2 aromatic carbocycles. The Morgan fingerprint density at radius 1 is 0.795 bits per heavy atom. The highest BCUT2D eigenvalue weighted by molar-refractivity contribution is 5.94. The number of likely N-dealkylation sites (N-methyl/N-ethyl adjacent to an activating group) is 2. The number of H-pyrrole nitrogens is 1. The topological polar surface area (TPSA) is 129 Å². The lowest BCUT2D eigenvalue weighted by Gasteiger charge is -2.19. The van der Waals surface area contributed by atoms with E-state index >= 15 is 0 Å². The van der Waals surface area contributed by atoms with Crippen molar-refractivity contribution in [1.29, 1.82) is 0 Å². The molecule has 0 amide bonds. The Morgan fingerprint density at radius 3 is 2.05 bits per heavy atom. The first kappa shape index (κ1) is 31.0. The number of aromatic amines is 1. The van der Waals surface area contributed by atoms with E-state index in [1.807, 2.05) is 18.2 Å².